The van der Waals surface area contributed by atoms with Crippen LogP contribution >= 0.6 is 0 Å². The number of likely N-dealkylation sites (tertiary alicyclic amines) is 1. The average Bonchev–Trinajstić information content (AvgIpc) is 2.60. The van der Waals surface area contributed by atoms with Gasteiger partial charge in [-0.25, -0.2) is 13.1 Å². The molecule has 0 aliphatic carbocycles. The molecule has 8 heteroatoms. The molecule has 1 amide bonds. The molecule has 140 valence electrons. The summed E-state index contributed by atoms with van der Waals surface area (Å²) in [5, 5.41) is 0. The Morgan fingerprint density at radius 3 is 2.80 bits per heavy atom. The number of carbonyl (C=O) groups excluding carboxylic acids is 1. The molecule has 1 aliphatic rings. The van der Waals surface area contributed by atoms with Gasteiger partial charge in [0.1, 0.15) is 12.4 Å². The summed E-state index contributed by atoms with van der Waals surface area (Å²) < 4.78 is 35.7. The molecule has 1 heterocycles. The Labute approximate surface area is 149 Å². The Kier molecular flexibility index (Phi) is 7.22. The Morgan fingerprint density at radius 2 is 2.08 bits per heavy atom. The average molecular weight is 370 g/mol. The summed E-state index contributed by atoms with van der Waals surface area (Å²) in [6, 6.07) is 7.16. The largest absolute Gasteiger partial charge is 0.490 e. The van der Waals surface area contributed by atoms with Crippen LogP contribution in [0.15, 0.2) is 24.3 Å². The van der Waals surface area contributed by atoms with Crippen molar-refractivity contribution in [3.8, 4) is 5.75 Å². The Bertz CT molecular complexity index is 677. The molecule has 1 N–H and O–H groups in total. The fourth-order valence-electron chi connectivity index (χ4n) is 2.86. The maximum Gasteiger partial charge on any atom is 0.257 e. The Morgan fingerprint density at radius 1 is 1.32 bits per heavy atom. The number of piperidine rings is 1. The quantitative estimate of drug-likeness (QED) is 0.693. The highest BCUT2D eigenvalue weighted by Crippen LogP contribution is 2.23. The van der Waals surface area contributed by atoms with Crippen LogP contribution in [0.1, 0.15) is 23.2 Å². The molecule has 25 heavy (non-hydrogen) atoms. The summed E-state index contributed by atoms with van der Waals surface area (Å²) in [4.78, 5) is 14.7. The number of nitrogens with one attached hydrogen (secondary N) is 1. The zero-order valence-corrected chi connectivity index (χ0v) is 15.5. The number of benzene rings is 1. The van der Waals surface area contributed by atoms with Gasteiger partial charge in [0.05, 0.1) is 18.4 Å². The van der Waals surface area contributed by atoms with E-state index in [9.17, 15) is 13.2 Å². The molecule has 0 bridgehead atoms. The van der Waals surface area contributed by atoms with Gasteiger partial charge in [-0.15, -0.1) is 0 Å². The third-order valence-corrected chi connectivity index (χ3v) is 4.79. The van der Waals surface area contributed by atoms with E-state index in [1.54, 1.807) is 24.1 Å². The molecule has 1 atom stereocenters. The highest BCUT2D eigenvalue weighted by molar-refractivity contribution is 7.88. The van der Waals surface area contributed by atoms with Crippen molar-refractivity contribution >= 4 is 15.9 Å². The first-order chi connectivity index (χ1) is 11.9. The third-order valence-electron chi connectivity index (χ3n) is 4.10. The van der Waals surface area contributed by atoms with E-state index in [2.05, 4.69) is 4.72 Å². The number of nitrogens with zero attached hydrogens (tertiary/aromatic N) is 1. The molecule has 1 aliphatic heterocycles. The molecule has 1 saturated heterocycles. The molecular weight excluding hydrogens is 344 g/mol. The van der Waals surface area contributed by atoms with E-state index in [4.69, 9.17) is 9.47 Å². The SMILES string of the molecule is COCCOc1ccccc1C(=O)N1CCCC(CNS(C)(=O)=O)C1. The summed E-state index contributed by atoms with van der Waals surface area (Å²) in [6.07, 6.45) is 2.90. The minimum atomic E-state index is -3.22. The Balaban J connectivity index is 2.02. The number of hydrogen-bond donors (Lipinski definition) is 1. The van der Waals surface area contributed by atoms with Crippen molar-refractivity contribution in [2.75, 3.05) is 46.2 Å². The van der Waals surface area contributed by atoms with Gasteiger partial charge in [0.2, 0.25) is 10.0 Å². The van der Waals surface area contributed by atoms with Gasteiger partial charge in [0.25, 0.3) is 5.91 Å². The number of methoxy groups -OCH3 is 1. The zero-order chi connectivity index (χ0) is 18.3. The third kappa shape index (κ3) is 6.30. The van der Waals surface area contributed by atoms with Gasteiger partial charge in [-0.1, -0.05) is 12.1 Å². The molecule has 1 fully saturated rings. The number of hydrogen-bond acceptors (Lipinski definition) is 5. The summed E-state index contributed by atoms with van der Waals surface area (Å²) >= 11 is 0. The summed E-state index contributed by atoms with van der Waals surface area (Å²) in [7, 11) is -1.62. The number of sulfonamides is 1. The van der Waals surface area contributed by atoms with E-state index in [0.717, 1.165) is 19.1 Å². The highest BCUT2D eigenvalue weighted by atomic mass is 32.2. The van der Waals surface area contributed by atoms with Gasteiger partial charge in [0.15, 0.2) is 0 Å². The molecule has 0 aromatic heterocycles. The van der Waals surface area contributed by atoms with Gasteiger partial charge < -0.3 is 14.4 Å². The lowest BCUT2D eigenvalue weighted by atomic mass is 9.97. The van der Waals surface area contributed by atoms with Crippen LogP contribution in [0.2, 0.25) is 0 Å². The van der Waals surface area contributed by atoms with Crippen molar-refractivity contribution in [3.63, 3.8) is 0 Å². The maximum atomic E-state index is 12.9. The number of carbonyl (C=O) groups is 1. The van der Waals surface area contributed by atoms with Crippen molar-refractivity contribution in [1.29, 1.82) is 0 Å². The molecule has 1 unspecified atom stereocenters. The standard InChI is InChI=1S/C17H26N2O5S/c1-23-10-11-24-16-8-4-3-7-15(16)17(20)19-9-5-6-14(13-19)12-18-25(2,21)22/h3-4,7-8,14,18H,5-6,9-13H2,1-2H3. The second kappa shape index (κ2) is 9.17. The van der Waals surface area contributed by atoms with Crippen molar-refractivity contribution in [1.82, 2.24) is 9.62 Å². The van der Waals surface area contributed by atoms with Crippen LogP contribution in [-0.2, 0) is 14.8 Å². The lowest BCUT2D eigenvalue weighted by Gasteiger charge is -2.33. The normalized spacial score (nSPS) is 18.2. The van der Waals surface area contributed by atoms with Crippen LogP contribution in [0.5, 0.6) is 5.75 Å². The van der Waals surface area contributed by atoms with Crippen LogP contribution < -0.4 is 9.46 Å². The first kappa shape index (κ1) is 19.7. The smallest absolute Gasteiger partial charge is 0.257 e. The minimum absolute atomic E-state index is 0.0860. The molecule has 1 aromatic rings. The fourth-order valence-corrected chi connectivity index (χ4v) is 3.40. The van der Waals surface area contributed by atoms with E-state index in [-0.39, 0.29) is 11.8 Å². The van der Waals surface area contributed by atoms with Gasteiger partial charge in [-0.2, -0.15) is 0 Å². The van der Waals surface area contributed by atoms with Crippen LogP contribution in [0.25, 0.3) is 0 Å². The van der Waals surface area contributed by atoms with E-state index >= 15 is 0 Å². The Hall–Kier alpha value is -1.64. The van der Waals surface area contributed by atoms with E-state index < -0.39 is 10.0 Å². The van der Waals surface area contributed by atoms with Crippen molar-refractivity contribution < 1.29 is 22.7 Å². The monoisotopic (exact) mass is 370 g/mol. The maximum absolute atomic E-state index is 12.9. The summed E-state index contributed by atoms with van der Waals surface area (Å²) in [6.45, 7) is 2.39. The first-order valence-electron chi connectivity index (χ1n) is 8.35. The number of rotatable bonds is 8. The van der Waals surface area contributed by atoms with Crippen LogP contribution in [-0.4, -0.2) is 65.4 Å². The molecule has 7 nitrogen and oxygen atoms in total. The zero-order valence-electron chi connectivity index (χ0n) is 14.7. The van der Waals surface area contributed by atoms with Crippen LogP contribution in [0.4, 0.5) is 0 Å². The van der Waals surface area contributed by atoms with Crippen LogP contribution in [0, 0.1) is 5.92 Å². The van der Waals surface area contributed by atoms with E-state index in [1.165, 1.54) is 0 Å². The lowest BCUT2D eigenvalue weighted by molar-refractivity contribution is 0.0669. The molecule has 1 aromatic carbocycles. The fraction of sp³-hybridized carbons (Fsp3) is 0.588. The van der Waals surface area contributed by atoms with E-state index in [1.807, 2.05) is 12.1 Å². The van der Waals surface area contributed by atoms with Crippen molar-refractivity contribution in [2.45, 2.75) is 12.8 Å². The van der Waals surface area contributed by atoms with Gasteiger partial charge >= 0.3 is 0 Å². The predicted octanol–water partition coefficient (Wildman–Crippen LogP) is 1.11. The first-order valence-corrected chi connectivity index (χ1v) is 10.2. The van der Waals surface area contributed by atoms with Crippen molar-refractivity contribution in [2.24, 2.45) is 5.92 Å². The second-order valence-electron chi connectivity index (χ2n) is 6.22. The number of para-hydroxylation sites is 1. The summed E-state index contributed by atoms with van der Waals surface area (Å²) in [5.41, 5.74) is 0.523. The minimum Gasteiger partial charge on any atom is -0.490 e. The second-order valence-corrected chi connectivity index (χ2v) is 8.05. The van der Waals surface area contributed by atoms with Crippen LogP contribution in [0.3, 0.4) is 0 Å². The van der Waals surface area contributed by atoms with E-state index in [0.29, 0.717) is 44.2 Å². The molecule has 0 radical (unpaired) electrons. The number of amides is 1. The molecule has 0 saturated carbocycles. The molecule has 0 spiro atoms. The molecule has 2 rings (SSSR count). The van der Waals surface area contributed by atoms with Gasteiger partial charge in [-0.05, 0) is 30.9 Å². The van der Waals surface area contributed by atoms with Crippen molar-refractivity contribution in [3.05, 3.63) is 29.8 Å². The number of ether oxygens (including phenoxy) is 2. The topological polar surface area (TPSA) is 84.9 Å². The highest BCUT2D eigenvalue weighted by Gasteiger charge is 2.26. The van der Waals surface area contributed by atoms with Gasteiger partial charge in [-0.3, -0.25) is 4.79 Å². The van der Waals surface area contributed by atoms with Gasteiger partial charge in [0, 0.05) is 26.7 Å². The predicted molar refractivity (Wildman–Crippen MR) is 95.3 cm³/mol. The molecular formula is C17H26N2O5S. The summed E-state index contributed by atoms with van der Waals surface area (Å²) in [5.74, 6) is 0.576. The lowest BCUT2D eigenvalue weighted by Crippen LogP contribution is -2.43.